The molecular weight excluding hydrogens is 412 g/mol. The first kappa shape index (κ1) is 21.7. The number of aromatic nitrogens is 3. The van der Waals surface area contributed by atoms with Gasteiger partial charge in [-0.2, -0.15) is 0 Å². The van der Waals surface area contributed by atoms with E-state index in [1.807, 2.05) is 17.9 Å². The largest absolute Gasteiger partial charge is 0.493 e. The molecule has 0 bridgehead atoms. The molecule has 9 nitrogen and oxygen atoms in total. The van der Waals surface area contributed by atoms with Crippen LogP contribution in [0.4, 0.5) is 0 Å². The van der Waals surface area contributed by atoms with E-state index in [9.17, 15) is 9.59 Å². The molecule has 9 heteroatoms. The van der Waals surface area contributed by atoms with Crippen molar-refractivity contribution in [3.8, 4) is 17.2 Å². The fraction of sp³-hybridized carbons (Fsp3) is 0.435. The number of likely N-dealkylation sites (tertiary alicyclic amines) is 1. The summed E-state index contributed by atoms with van der Waals surface area (Å²) < 4.78 is 17.6. The number of ether oxygens (including phenoxy) is 3. The van der Waals surface area contributed by atoms with Crippen molar-refractivity contribution < 1.29 is 19.0 Å². The molecule has 1 amide bonds. The summed E-state index contributed by atoms with van der Waals surface area (Å²) >= 11 is 0. The van der Waals surface area contributed by atoms with Crippen LogP contribution in [0.15, 0.2) is 29.1 Å². The molecule has 1 atom stereocenters. The van der Waals surface area contributed by atoms with Crippen molar-refractivity contribution in [1.82, 2.24) is 19.5 Å². The second kappa shape index (κ2) is 8.94. The quantitative estimate of drug-likeness (QED) is 0.633. The summed E-state index contributed by atoms with van der Waals surface area (Å²) in [5.41, 5.74) is 2.63. The molecule has 4 rings (SSSR count). The van der Waals surface area contributed by atoms with Gasteiger partial charge in [-0.25, -0.2) is 9.50 Å². The van der Waals surface area contributed by atoms with Crippen LogP contribution in [-0.2, 0) is 6.42 Å². The monoisotopic (exact) mass is 440 g/mol. The molecule has 1 aliphatic rings. The maximum atomic E-state index is 13.3. The molecule has 0 radical (unpaired) electrons. The van der Waals surface area contributed by atoms with Gasteiger partial charge in [0.15, 0.2) is 17.1 Å². The number of methoxy groups -OCH3 is 3. The first-order chi connectivity index (χ1) is 15.5. The van der Waals surface area contributed by atoms with E-state index in [1.165, 1.54) is 25.8 Å². The van der Waals surface area contributed by atoms with Gasteiger partial charge < -0.3 is 19.1 Å². The van der Waals surface area contributed by atoms with Gasteiger partial charge in [0.25, 0.3) is 11.5 Å². The Balaban J connectivity index is 1.61. The highest BCUT2D eigenvalue weighted by atomic mass is 16.5. The number of hydrogen-bond donors (Lipinski definition) is 1. The van der Waals surface area contributed by atoms with Crippen LogP contribution >= 0.6 is 0 Å². The molecule has 170 valence electrons. The first-order valence-corrected chi connectivity index (χ1v) is 10.7. The summed E-state index contributed by atoms with van der Waals surface area (Å²) in [6, 6.07) is 6.81. The Morgan fingerprint density at radius 3 is 2.47 bits per heavy atom. The van der Waals surface area contributed by atoms with E-state index in [0.717, 1.165) is 24.2 Å². The summed E-state index contributed by atoms with van der Waals surface area (Å²) in [5.74, 6) is 1.31. The Bertz CT molecular complexity index is 1170. The fourth-order valence-electron chi connectivity index (χ4n) is 4.25. The van der Waals surface area contributed by atoms with E-state index in [4.69, 9.17) is 14.2 Å². The van der Waals surface area contributed by atoms with Crippen LogP contribution < -0.4 is 19.8 Å². The summed E-state index contributed by atoms with van der Waals surface area (Å²) in [5, 5.41) is 3.18. The molecule has 1 aromatic carbocycles. The summed E-state index contributed by atoms with van der Waals surface area (Å²) in [6.45, 7) is 3.17. The normalized spacial score (nSPS) is 16.2. The van der Waals surface area contributed by atoms with Crippen molar-refractivity contribution >= 4 is 11.6 Å². The predicted octanol–water partition coefficient (Wildman–Crippen LogP) is 2.63. The van der Waals surface area contributed by atoms with E-state index < -0.39 is 0 Å². The van der Waals surface area contributed by atoms with Gasteiger partial charge in [-0.15, -0.1) is 0 Å². The van der Waals surface area contributed by atoms with Crippen molar-refractivity contribution in [3.05, 3.63) is 51.6 Å². The van der Waals surface area contributed by atoms with E-state index in [2.05, 4.69) is 10.1 Å². The van der Waals surface area contributed by atoms with Crippen LogP contribution in [-0.4, -0.2) is 59.8 Å². The van der Waals surface area contributed by atoms with Crippen LogP contribution in [0.3, 0.4) is 0 Å². The van der Waals surface area contributed by atoms with Gasteiger partial charge in [-0.05, 0) is 31.4 Å². The van der Waals surface area contributed by atoms with Gasteiger partial charge in [0.1, 0.15) is 0 Å². The molecule has 1 N–H and O–H groups in total. The molecule has 3 aromatic rings. The van der Waals surface area contributed by atoms with Crippen LogP contribution in [0, 0.1) is 0 Å². The number of H-pyrrole nitrogens is 1. The Labute approximate surface area is 185 Å². The average molecular weight is 441 g/mol. The molecule has 2 aromatic heterocycles. The van der Waals surface area contributed by atoms with Crippen molar-refractivity contribution in [2.24, 2.45) is 0 Å². The van der Waals surface area contributed by atoms with Crippen molar-refractivity contribution in [2.45, 2.75) is 32.1 Å². The number of amides is 1. The molecule has 0 saturated carbocycles. The van der Waals surface area contributed by atoms with E-state index in [1.54, 1.807) is 18.2 Å². The number of nitrogens with one attached hydrogen (secondary N) is 1. The third-order valence-corrected chi connectivity index (χ3v) is 5.95. The molecule has 0 aliphatic carbocycles. The minimum atomic E-state index is -0.126. The molecule has 3 heterocycles. The summed E-state index contributed by atoms with van der Waals surface area (Å²) in [6.07, 6.45) is 2.48. The number of nitrogens with zero attached hydrogens (tertiary/aromatic N) is 3. The van der Waals surface area contributed by atoms with Crippen LogP contribution in [0.5, 0.6) is 17.2 Å². The van der Waals surface area contributed by atoms with Gasteiger partial charge in [0.05, 0.1) is 21.3 Å². The van der Waals surface area contributed by atoms with Gasteiger partial charge in [0.2, 0.25) is 5.75 Å². The second-order valence-electron chi connectivity index (χ2n) is 7.85. The Hall–Kier alpha value is -3.49. The standard InChI is InChI=1S/C23H28N4O5/c1-5-16-11-21(28)27-20(24-16)12-17(25-27)14-7-6-8-26(13-14)23(29)15-9-18(30-2)22(32-4)19(10-15)31-3/h9-12,14,25H,5-8,13H2,1-4H3. The molecule has 1 aliphatic heterocycles. The third-order valence-electron chi connectivity index (χ3n) is 5.95. The van der Waals surface area contributed by atoms with E-state index in [0.29, 0.717) is 48.0 Å². The van der Waals surface area contributed by atoms with Gasteiger partial charge in [-0.1, -0.05) is 6.92 Å². The number of hydrogen-bond acceptors (Lipinski definition) is 6. The lowest BCUT2D eigenvalue weighted by Crippen LogP contribution is -2.39. The Morgan fingerprint density at radius 2 is 1.84 bits per heavy atom. The zero-order valence-electron chi connectivity index (χ0n) is 18.8. The van der Waals surface area contributed by atoms with Crippen LogP contribution in [0.2, 0.25) is 0 Å². The molecular formula is C23H28N4O5. The molecule has 32 heavy (non-hydrogen) atoms. The highest BCUT2D eigenvalue weighted by molar-refractivity contribution is 5.95. The number of benzene rings is 1. The number of fused-ring (bicyclic) bond motifs is 1. The van der Waals surface area contributed by atoms with E-state index >= 15 is 0 Å². The molecule has 1 saturated heterocycles. The number of carbonyl (C=O) groups is 1. The first-order valence-electron chi connectivity index (χ1n) is 10.7. The van der Waals surface area contributed by atoms with E-state index in [-0.39, 0.29) is 17.4 Å². The minimum absolute atomic E-state index is 0.0842. The van der Waals surface area contributed by atoms with Crippen molar-refractivity contribution in [2.75, 3.05) is 34.4 Å². The topological polar surface area (TPSA) is 98.2 Å². The summed E-state index contributed by atoms with van der Waals surface area (Å²) in [4.78, 5) is 32.1. The number of carbonyl (C=O) groups excluding carboxylic acids is 1. The average Bonchev–Trinajstić information content (AvgIpc) is 3.27. The maximum absolute atomic E-state index is 13.3. The lowest BCUT2D eigenvalue weighted by molar-refractivity contribution is 0.0705. The maximum Gasteiger partial charge on any atom is 0.272 e. The van der Waals surface area contributed by atoms with Crippen molar-refractivity contribution in [3.63, 3.8) is 0 Å². The smallest absolute Gasteiger partial charge is 0.272 e. The van der Waals surface area contributed by atoms with Crippen molar-refractivity contribution in [1.29, 1.82) is 0 Å². The zero-order valence-corrected chi connectivity index (χ0v) is 18.8. The zero-order chi connectivity index (χ0) is 22.8. The minimum Gasteiger partial charge on any atom is -0.493 e. The highest BCUT2D eigenvalue weighted by Crippen LogP contribution is 2.39. The SMILES string of the molecule is CCc1cc(=O)n2[nH]c(C3CCCN(C(=O)c4cc(OC)c(OC)c(OC)c4)C3)cc2n1. The molecule has 1 fully saturated rings. The van der Waals surface area contributed by atoms with Crippen LogP contribution in [0.25, 0.3) is 5.65 Å². The lowest BCUT2D eigenvalue weighted by Gasteiger charge is -2.32. The van der Waals surface area contributed by atoms with Gasteiger partial charge in [-0.3, -0.25) is 14.7 Å². The predicted molar refractivity (Wildman–Crippen MR) is 119 cm³/mol. The molecule has 1 unspecified atom stereocenters. The number of aryl methyl sites for hydroxylation is 1. The Morgan fingerprint density at radius 1 is 1.12 bits per heavy atom. The van der Waals surface area contributed by atoms with Gasteiger partial charge in [0, 0.05) is 48.1 Å². The third kappa shape index (κ3) is 3.90. The lowest BCUT2D eigenvalue weighted by atomic mass is 9.94. The molecule has 0 spiro atoms. The van der Waals surface area contributed by atoms with Gasteiger partial charge >= 0.3 is 0 Å². The Kier molecular flexibility index (Phi) is 6.07. The number of aromatic amines is 1. The number of rotatable bonds is 6. The fourth-order valence-corrected chi connectivity index (χ4v) is 4.25. The van der Waals surface area contributed by atoms with Crippen LogP contribution in [0.1, 0.15) is 47.4 Å². The highest BCUT2D eigenvalue weighted by Gasteiger charge is 2.28. The second-order valence-corrected chi connectivity index (χ2v) is 7.85. The number of piperidine rings is 1. The summed E-state index contributed by atoms with van der Waals surface area (Å²) in [7, 11) is 4.58.